The maximum absolute atomic E-state index is 2.38. The summed E-state index contributed by atoms with van der Waals surface area (Å²) in [5.41, 5.74) is 4.84. The quantitative estimate of drug-likeness (QED) is 0.595. The summed E-state index contributed by atoms with van der Waals surface area (Å²) in [6.45, 7) is 2.25. The molecule has 2 aliphatic rings. The molecular weight excluding hydrogens is 188 g/mol. The van der Waals surface area contributed by atoms with Gasteiger partial charge in [0.2, 0.25) is 0 Å². The molecule has 3 rings (SSSR count). The van der Waals surface area contributed by atoms with Gasteiger partial charge in [0.25, 0.3) is 0 Å². The highest BCUT2D eigenvalue weighted by atomic mass is 32.1. The lowest BCUT2D eigenvalue weighted by atomic mass is 9.92. The van der Waals surface area contributed by atoms with Crippen LogP contribution in [0.2, 0.25) is 0 Å². The van der Waals surface area contributed by atoms with E-state index in [1.807, 2.05) is 11.3 Å². The second-order valence-corrected chi connectivity index (χ2v) is 5.30. The fourth-order valence-corrected chi connectivity index (χ4v) is 3.73. The van der Waals surface area contributed by atoms with Gasteiger partial charge in [0.05, 0.1) is 0 Å². The Balaban J connectivity index is 2.19. The molecule has 72 valence electrons. The molecule has 0 fully saturated rings. The smallest absolute Gasteiger partial charge is 0.0311 e. The standard InChI is InChI=1S/C13H14S/c1-9-6-7-11-10-4-2-3-5-12(10)14-13(11)8-9/h3,5,8H,2,4,6-7H2,1H3. The molecule has 0 nitrogen and oxygen atoms in total. The normalized spacial score (nSPS) is 18.8. The molecule has 0 atom stereocenters. The third-order valence-corrected chi connectivity index (χ3v) is 4.34. The molecule has 0 radical (unpaired) electrons. The van der Waals surface area contributed by atoms with Crippen molar-refractivity contribution in [2.24, 2.45) is 0 Å². The molecule has 0 unspecified atom stereocenters. The van der Waals surface area contributed by atoms with E-state index in [2.05, 4.69) is 25.2 Å². The number of hydrogen-bond acceptors (Lipinski definition) is 1. The van der Waals surface area contributed by atoms with Crippen molar-refractivity contribution in [3.63, 3.8) is 0 Å². The third-order valence-electron chi connectivity index (χ3n) is 3.16. The van der Waals surface area contributed by atoms with Crippen LogP contribution in [0.3, 0.4) is 0 Å². The van der Waals surface area contributed by atoms with Gasteiger partial charge in [-0.25, -0.2) is 0 Å². The number of fused-ring (bicyclic) bond motifs is 3. The summed E-state index contributed by atoms with van der Waals surface area (Å²) >= 11 is 1.98. The highest BCUT2D eigenvalue weighted by Gasteiger charge is 2.19. The van der Waals surface area contributed by atoms with Crippen LogP contribution in [0.15, 0.2) is 11.6 Å². The molecule has 0 aliphatic heterocycles. The average Bonchev–Trinajstić information content (AvgIpc) is 2.54. The van der Waals surface area contributed by atoms with Crippen LogP contribution in [-0.2, 0) is 12.8 Å². The van der Waals surface area contributed by atoms with Crippen molar-refractivity contribution in [1.29, 1.82) is 0 Å². The Morgan fingerprint density at radius 2 is 1.93 bits per heavy atom. The third kappa shape index (κ3) is 1.19. The Morgan fingerprint density at radius 1 is 1.07 bits per heavy atom. The van der Waals surface area contributed by atoms with Crippen molar-refractivity contribution >= 4 is 23.5 Å². The maximum atomic E-state index is 2.38. The van der Waals surface area contributed by atoms with Crippen LogP contribution in [0, 0.1) is 0 Å². The summed E-state index contributed by atoms with van der Waals surface area (Å²) in [6, 6.07) is 0. The van der Waals surface area contributed by atoms with E-state index in [9.17, 15) is 0 Å². The minimum Gasteiger partial charge on any atom is -0.136 e. The zero-order valence-corrected chi connectivity index (χ0v) is 9.29. The van der Waals surface area contributed by atoms with Crippen molar-refractivity contribution in [3.05, 3.63) is 32.5 Å². The van der Waals surface area contributed by atoms with Crippen molar-refractivity contribution in [1.82, 2.24) is 0 Å². The molecule has 0 N–H and O–H groups in total. The molecule has 1 heterocycles. The van der Waals surface area contributed by atoms with Gasteiger partial charge in [0, 0.05) is 9.75 Å². The zero-order valence-electron chi connectivity index (χ0n) is 8.47. The highest BCUT2D eigenvalue weighted by Crippen LogP contribution is 2.38. The Morgan fingerprint density at radius 3 is 2.86 bits per heavy atom. The molecule has 0 aromatic carbocycles. The van der Waals surface area contributed by atoms with Gasteiger partial charge in [-0.2, -0.15) is 0 Å². The molecule has 0 spiro atoms. The molecule has 0 saturated carbocycles. The second-order valence-electron chi connectivity index (χ2n) is 4.22. The lowest BCUT2D eigenvalue weighted by molar-refractivity contribution is 0.892. The van der Waals surface area contributed by atoms with E-state index in [4.69, 9.17) is 0 Å². The van der Waals surface area contributed by atoms with Crippen LogP contribution in [0.1, 0.15) is 40.6 Å². The molecule has 2 aliphatic carbocycles. The van der Waals surface area contributed by atoms with Crippen LogP contribution < -0.4 is 0 Å². The maximum Gasteiger partial charge on any atom is 0.0311 e. The van der Waals surface area contributed by atoms with Gasteiger partial charge in [-0.3, -0.25) is 0 Å². The molecular formula is C13H14S. The molecule has 0 bridgehead atoms. The van der Waals surface area contributed by atoms with Crippen LogP contribution in [0.4, 0.5) is 0 Å². The Bertz CT molecular complexity index is 432. The summed E-state index contributed by atoms with van der Waals surface area (Å²) in [5.74, 6) is 0. The average molecular weight is 202 g/mol. The van der Waals surface area contributed by atoms with Gasteiger partial charge in [-0.1, -0.05) is 11.6 Å². The van der Waals surface area contributed by atoms with E-state index >= 15 is 0 Å². The topological polar surface area (TPSA) is 0 Å². The number of rotatable bonds is 0. The van der Waals surface area contributed by atoms with Gasteiger partial charge in [-0.05, 0) is 55.9 Å². The van der Waals surface area contributed by atoms with E-state index in [0.29, 0.717) is 0 Å². The van der Waals surface area contributed by atoms with Gasteiger partial charge in [0.1, 0.15) is 0 Å². The van der Waals surface area contributed by atoms with Gasteiger partial charge >= 0.3 is 0 Å². The minimum atomic E-state index is 1.23. The fraction of sp³-hybridized carbons (Fsp3) is 0.385. The van der Waals surface area contributed by atoms with E-state index in [-0.39, 0.29) is 0 Å². The molecule has 1 aromatic heterocycles. The van der Waals surface area contributed by atoms with E-state index in [0.717, 1.165) is 0 Å². The first kappa shape index (κ1) is 8.49. The van der Waals surface area contributed by atoms with Crippen molar-refractivity contribution in [2.75, 3.05) is 0 Å². The lowest BCUT2D eigenvalue weighted by Crippen LogP contribution is -1.99. The first-order valence-corrected chi connectivity index (χ1v) is 6.14. The van der Waals surface area contributed by atoms with Crippen LogP contribution in [0.25, 0.3) is 12.2 Å². The summed E-state index contributed by atoms with van der Waals surface area (Å²) in [6.07, 6.45) is 12.0. The zero-order chi connectivity index (χ0) is 9.54. The fourth-order valence-electron chi connectivity index (χ4n) is 2.37. The van der Waals surface area contributed by atoms with Crippen molar-refractivity contribution in [2.45, 2.75) is 32.6 Å². The second kappa shape index (κ2) is 3.09. The van der Waals surface area contributed by atoms with Gasteiger partial charge in [-0.15, -0.1) is 11.3 Å². The lowest BCUT2D eigenvalue weighted by Gasteiger charge is -2.12. The highest BCUT2D eigenvalue weighted by molar-refractivity contribution is 7.14. The monoisotopic (exact) mass is 202 g/mol. The number of hydrogen-bond donors (Lipinski definition) is 0. The molecule has 0 amide bonds. The first-order valence-electron chi connectivity index (χ1n) is 5.33. The Kier molecular flexibility index (Phi) is 1.88. The summed E-state index contributed by atoms with van der Waals surface area (Å²) in [7, 11) is 0. The first-order chi connectivity index (χ1) is 6.84. The Hall–Kier alpha value is -0.820. The van der Waals surface area contributed by atoms with Crippen LogP contribution in [-0.4, -0.2) is 0 Å². The van der Waals surface area contributed by atoms with Crippen molar-refractivity contribution < 1.29 is 0 Å². The largest absolute Gasteiger partial charge is 0.136 e. The predicted octanol–water partition coefficient (Wildman–Crippen LogP) is 4.06. The molecule has 0 saturated heterocycles. The predicted molar refractivity (Wildman–Crippen MR) is 63.6 cm³/mol. The molecule has 14 heavy (non-hydrogen) atoms. The number of allylic oxidation sites excluding steroid dienone is 2. The number of thiophene rings is 1. The minimum absolute atomic E-state index is 1.23. The van der Waals surface area contributed by atoms with Crippen LogP contribution in [0.5, 0.6) is 0 Å². The SMILES string of the molecule is CC1=Cc2sc3c(c2CC1)CCC=C3. The van der Waals surface area contributed by atoms with Crippen molar-refractivity contribution in [3.8, 4) is 0 Å². The Labute approximate surface area is 89.0 Å². The van der Waals surface area contributed by atoms with E-state index in [1.165, 1.54) is 35.4 Å². The molecule has 1 aromatic rings. The summed E-state index contributed by atoms with van der Waals surface area (Å²) in [4.78, 5) is 3.05. The van der Waals surface area contributed by atoms with E-state index in [1.54, 1.807) is 16.7 Å². The van der Waals surface area contributed by atoms with Crippen LogP contribution >= 0.6 is 11.3 Å². The molecule has 1 heteroatoms. The summed E-state index contributed by atoms with van der Waals surface area (Å²) in [5, 5.41) is 0. The van der Waals surface area contributed by atoms with Gasteiger partial charge in [0.15, 0.2) is 0 Å². The van der Waals surface area contributed by atoms with E-state index < -0.39 is 0 Å². The summed E-state index contributed by atoms with van der Waals surface area (Å²) < 4.78 is 0. The van der Waals surface area contributed by atoms with Gasteiger partial charge < -0.3 is 0 Å².